The van der Waals surface area contributed by atoms with Gasteiger partial charge in [-0.1, -0.05) is 52.3 Å². The summed E-state index contributed by atoms with van der Waals surface area (Å²) in [5.74, 6) is -0.301. The highest BCUT2D eigenvalue weighted by molar-refractivity contribution is 9.10. The van der Waals surface area contributed by atoms with Crippen molar-refractivity contribution in [2.75, 3.05) is 6.54 Å². The van der Waals surface area contributed by atoms with Gasteiger partial charge in [-0.2, -0.15) is 8.42 Å². The van der Waals surface area contributed by atoms with E-state index in [9.17, 15) is 13.2 Å². The molecule has 2 aromatic rings. The van der Waals surface area contributed by atoms with Crippen LogP contribution in [0.3, 0.4) is 0 Å². The Morgan fingerprint density at radius 3 is 2.41 bits per heavy atom. The lowest BCUT2D eigenvalue weighted by atomic mass is 10.2. The van der Waals surface area contributed by atoms with Crippen LogP contribution in [0.1, 0.15) is 5.56 Å². The van der Waals surface area contributed by atoms with Crippen molar-refractivity contribution in [2.24, 2.45) is 4.40 Å². The number of amides is 1. The lowest BCUT2D eigenvalue weighted by molar-refractivity contribution is -0.121. The summed E-state index contributed by atoms with van der Waals surface area (Å²) in [5, 5.41) is 0.118. The summed E-state index contributed by atoms with van der Waals surface area (Å²) in [7, 11) is -3.91. The molecular formula is C19H15BrN2O3S2. The standard InChI is InChI=1S/C19H15BrN2O3S2/c1-2-12-22-18(23)17(13-14-8-10-15(20)11-9-14)26-19(22)21-27(24,25)16-6-4-3-5-7-16/h2-11,13H,1,12H2/b17-13-,21-19?. The number of amidine groups is 1. The second kappa shape index (κ2) is 8.24. The van der Waals surface area contributed by atoms with Crippen molar-refractivity contribution >= 4 is 54.9 Å². The third kappa shape index (κ3) is 4.58. The molecule has 0 bridgehead atoms. The molecule has 1 amide bonds. The summed E-state index contributed by atoms with van der Waals surface area (Å²) in [4.78, 5) is 14.5. The number of sulfonamides is 1. The summed E-state index contributed by atoms with van der Waals surface area (Å²) in [6, 6.07) is 15.4. The Bertz CT molecular complexity index is 1030. The van der Waals surface area contributed by atoms with Crippen molar-refractivity contribution in [3.8, 4) is 0 Å². The fraction of sp³-hybridized carbons (Fsp3) is 0.0526. The SMILES string of the molecule is C=CCN1C(=O)/C(=C/c2ccc(Br)cc2)SC1=NS(=O)(=O)c1ccccc1. The van der Waals surface area contributed by atoms with Gasteiger partial charge >= 0.3 is 0 Å². The van der Waals surface area contributed by atoms with Crippen molar-refractivity contribution in [3.63, 3.8) is 0 Å². The van der Waals surface area contributed by atoms with Crippen LogP contribution in [0.5, 0.6) is 0 Å². The molecule has 1 fully saturated rings. The molecule has 1 heterocycles. The Morgan fingerprint density at radius 1 is 1.11 bits per heavy atom. The van der Waals surface area contributed by atoms with Gasteiger partial charge in [-0.05, 0) is 47.7 Å². The number of hydrogen-bond donors (Lipinski definition) is 0. The van der Waals surface area contributed by atoms with Crippen LogP contribution in [0, 0.1) is 0 Å². The number of benzene rings is 2. The quantitative estimate of drug-likeness (QED) is 0.490. The van der Waals surface area contributed by atoms with Crippen molar-refractivity contribution in [2.45, 2.75) is 4.90 Å². The number of nitrogens with zero attached hydrogens (tertiary/aromatic N) is 2. The average molecular weight is 463 g/mol. The summed E-state index contributed by atoms with van der Waals surface area (Å²) >= 11 is 4.40. The number of carbonyl (C=O) groups is 1. The van der Waals surface area contributed by atoms with E-state index in [1.54, 1.807) is 24.3 Å². The fourth-order valence-corrected chi connectivity index (χ4v) is 4.80. The zero-order valence-corrected chi connectivity index (χ0v) is 17.3. The van der Waals surface area contributed by atoms with Gasteiger partial charge in [-0.15, -0.1) is 11.0 Å². The van der Waals surface area contributed by atoms with E-state index in [4.69, 9.17) is 0 Å². The molecule has 0 N–H and O–H groups in total. The van der Waals surface area contributed by atoms with E-state index in [-0.39, 0.29) is 22.5 Å². The molecule has 138 valence electrons. The Labute approximate surface area is 170 Å². The van der Waals surface area contributed by atoms with Crippen LogP contribution in [0.15, 0.2) is 85.9 Å². The Balaban J connectivity index is 1.98. The zero-order valence-electron chi connectivity index (χ0n) is 14.1. The molecule has 0 spiro atoms. The highest BCUT2D eigenvalue weighted by atomic mass is 79.9. The van der Waals surface area contributed by atoms with Gasteiger partial charge in [-0.25, -0.2) is 0 Å². The normalized spacial score (nSPS) is 17.7. The van der Waals surface area contributed by atoms with Gasteiger partial charge < -0.3 is 0 Å². The van der Waals surface area contributed by atoms with E-state index >= 15 is 0 Å². The monoisotopic (exact) mass is 462 g/mol. The van der Waals surface area contributed by atoms with Gasteiger partial charge in [0.25, 0.3) is 15.9 Å². The minimum absolute atomic E-state index is 0.0782. The maximum atomic E-state index is 12.7. The molecule has 5 nitrogen and oxygen atoms in total. The highest BCUT2D eigenvalue weighted by Gasteiger charge is 2.34. The minimum Gasteiger partial charge on any atom is -0.282 e. The van der Waals surface area contributed by atoms with E-state index in [0.29, 0.717) is 4.91 Å². The smallest absolute Gasteiger partial charge is 0.282 e. The first-order valence-corrected chi connectivity index (χ1v) is 10.9. The second-order valence-electron chi connectivity index (χ2n) is 5.53. The summed E-state index contributed by atoms with van der Waals surface area (Å²) in [5.41, 5.74) is 0.833. The molecule has 0 aromatic heterocycles. The Kier molecular flexibility index (Phi) is 5.98. The predicted octanol–water partition coefficient (Wildman–Crippen LogP) is 4.30. The first-order valence-electron chi connectivity index (χ1n) is 7.88. The number of thioether (sulfide) groups is 1. The fourth-order valence-electron chi connectivity index (χ4n) is 2.32. The molecule has 0 atom stereocenters. The molecule has 0 unspecified atom stereocenters. The van der Waals surface area contributed by atoms with Crippen LogP contribution < -0.4 is 0 Å². The third-order valence-corrected chi connectivity index (χ3v) is 6.54. The largest absolute Gasteiger partial charge is 0.284 e. The van der Waals surface area contributed by atoms with Gasteiger partial charge in [-0.3, -0.25) is 9.69 Å². The number of rotatable bonds is 5. The molecule has 0 aliphatic carbocycles. The first-order chi connectivity index (χ1) is 12.9. The molecule has 2 aromatic carbocycles. The van der Waals surface area contributed by atoms with Crippen LogP contribution >= 0.6 is 27.7 Å². The van der Waals surface area contributed by atoms with Gasteiger partial charge in [0.15, 0.2) is 5.17 Å². The Hall–Kier alpha value is -2.16. The maximum absolute atomic E-state index is 12.7. The van der Waals surface area contributed by atoms with Crippen LogP contribution in [-0.2, 0) is 14.8 Å². The van der Waals surface area contributed by atoms with Gasteiger partial charge in [0, 0.05) is 11.0 Å². The van der Waals surface area contributed by atoms with E-state index in [1.807, 2.05) is 24.3 Å². The average Bonchev–Trinajstić information content (AvgIpc) is 2.93. The lowest BCUT2D eigenvalue weighted by Crippen LogP contribution is -2.29. The molecule has 1 aliphatic rings. The van der Waals surface area contributed by atoms with Crippen LogP contribution in [-0.4, -0.2) is 30.9 Å². The van der Waals surface area contributed by atoms with Crippen LogP contribution in [0.2, 0.25) is 0 Å². The topological polar surface area (TPSA) is 66.8 Å². The van der Waals surface area contributed by atoms with Gasteiger partial charge in [0.05, 0.1) is 9.80 Å². The molecular weight excluding hydrogens is 448 g/mol. The maximum Gasteiger partial charge on any atom is 0.284 e. The number of halogens is 1. The van der Waals surface area contributed by atoms with Crippen LogP contribution in [0.4, 0.5) is 0 Å². The second-order valence-corrected chi connectivity index (χ2v) is 9.06. The number of carbonyl (C=O) groups excluding carboxylic acids is 1. The first kappa shape index (κ1) is 19.6. The van der Waals surface area contributed by atoms with Crippen LogP contribution in [0.25, 0.3) is 6.08 Å². The third-order valence-electron chi connectivity index (χ3n) is 3.61. The summed E-state index contributed by atoms with van der Waals surface area (Å²) in [6.07, 6.45) is 3.25. The number of hydrogen-bond acceptors (Lipinski definition) is 4. The van der Waals surface area contributed by atoms with E-state index in [2.05, 4.69) is 26.9 Å². The summed E-state index contributed by atoms with van der Waals surface area (Å²) in [6.45, 7) is 3.81. The Morgan fingerprint density at radius 2 is 1.78 bits per heavy atom. The molecule has 1 aliphatic heterocycles. The molecule has 27 heavy (non-hydrogen) atoms. The lowest BCUT2D eigenvalue weighted by Gasteiger charge is -2.12. The highest BCUT2D eigenvalue weighted by Crippen LogP contribution is 2.33. The van der Waals surface area contributed by atoms with E-state index in [0.717, 1.165) is 21.8 Å². The predicted molar refractivity (Wildman–Crippen MR) is 113 cm³/mol. The van der Waals surface area contributed by atoms with Crippen molar-refractivity contribution in [3.05, 3.63) is 82.2 Å². The van der Waals surface area contributed by atoms with Gasteiger partial charge in [0.2, 0.25) is 0 Å². The van der Waals surface area contributed by atoms with Gasteiger partial charge in [0.1, 0.15) is 0 Å². The summed E-state index contributed by atoms with van der Waals surface area (Å²) < 4.78 is 29.9. The minimum atomic E-state index is -3.91. The van der Waals surface area contributed by atoms with Crippen molar-refractivity contribution in [1.82, 2.24) is 4.90 Å². The van der Waals surface area contributed by atoms with E-state index in [1.165, 1.54) is 23.1 Å². The van der Waals surface area contributed by atoms with Crippen molar-refractivity contribution in [1.29, 1.82) is 0 Å². The van der Waals surface area contributed by atoms with Crippen molar-refractivity contribution < 1.29 is 13.2 Å². The van der Waals surface area contributed by atoms with E-state index < -0.39 is 10.0 Å². The molecule has 3 rings (SSSR count). The zero-order chi connectivity index (χ0) is 19.4. The molecule has 0 radical (unpaired) electrons. The molecule has 8 heteroatoms. The molecule has 0 saturated carbocycles. The molecule has 1 saturated heterocycles.